The molecule has 6 nitrogen and oxygen atoms in total. The maximum atomic E-state index is 12.3. The van der Waals surface area contributed by atoms with Gasteiger partial charge in [-0.25, -0.2) is 0 Å². The highest BCUT2D eigenvalue weighted by Crippen LogP contribution is 2.32. The highest BCUT2D eigenvalue weighted by atomic mass is 16.5. The molecule has 0 aromatic rings. The molecule has 0 aliphatic carbocycles. The molecule has 2 unspecified atom stereocenters. The maximum Gasteiger partial charge on any atom is 0.313 e. The highest BCUT2D eigenvalue weighted by molar-refractivity contribution is 5.85. The fourth-order valence-corrected chi connectivity index (χ4v) is 1.72. The summed E-state index contributed by atoms with van der Waals surface area (Å²) in [7, 11) is 0. The van der Waals surface area contributed by atoms with Crippen LogP contribution in [0.25, 0.3) is 0 Å². The first-order valence-corrected chi connectivity index (χ1v) is 6.34. The van der Waals surface area contributed by atoms with E-state index in [4.69, 9.17) is 10.5 Å². The zero-order valence-electron chi connectivity index (χ0n) is 12.2. The lowest BCUT2D eigenvalue weighted by Crippen LogP contribution is -2.59. The molecule has 1 heterocycles. The summed E-state index contributed by atoms with van der Waals surface area (Å²) in [5, 5.41) is 12.0. The molecule has 1 aliphatic rings. The first kappa shape index (κ1) is 15.9. The van der Waals surface area contributed by atoms with Crippen LogP contribution in [-0.4, -0.2) is 41.8 Å². The summed E-state index contributed by atoms with van der Waals surface area (Å²) in [5.41, 5.74) is 3.39. The van der Waals surface area contributed by atoms with E-state index in [2.05, 4.69) is 5.32 Å². The third-order valence-electron chi connectivity index (χ3n) is 4.43. The summed E-state index contributed by atoms with van der Waals surface area (Å²) in [6.45, 7) is 8.91. The van der Waals surface area contributed by atoms with Gasteiger partial charge in [-0.1, -0.05) is 0 Å². The molecule has 1 rings (SSSR count). The first-order chi connectivity index (χ1) is 8.43. The van der Waals surface area contributed by atoms with E-state index in [-0.39, 0.29) is 19.1 Å². The maximum absolute atomic E-state index is 12.3. The number of nitrogens with two attached hydrogens (primary N) is 1. The van der Waals surface area contributed by atoms with Crippen LogP contribution in [-0.2, 0) is 14.3 Å². The minimum absolute atomic E-state index is 0.0970. The van der Waals surface area contributed by atoms with Crippen LogP contribution in [0, 0.1) is 10.8 Å². The van der Waals surface area contributed by atoms with Gasteiger partial charge in [0.05, 0.1) is 24.7 Å². The predicted molar refractivity (Wildman–Crippen MR) is 70.5 cm³/mol. The fourth-order valence-electron chi connectivity index (χ4n) is 1.72. The van der Waals surface area contributed by atoms with Crippen LogP contribution in [0.2, 0.25) is 0 Å². The zero-order chi connectivity index (χ0) is 15.1. The molecule has 0 aromatic carbocycles. The van der Waals surface area contributed by atoms with E-state index in [1.165, 1.54) is 0 Å². The van der Waals surface area contributed by atoms with Crippen molar-refractivity contribution in [1.82, 2.24) is 5.32 Å². The Balaban J connectivity index is 2.86. The second-order valence-corrected chi connectivity index (χ2v) is 6.61. The molecular weight excluding hydrogens is 248 g/mol. The molecule has 0 spiro atoms. The van der Waals surface area contributed by atoms with Crippen molar-refractivity contribution in [3.63, 3.8) is 0 Å². The molecule has 1 aliphatic heterocycles. The van der Waals surface area contributed by atoms with Crippen molar-refractivity contribution in [1.29, 1.82) is 0 Å². The lowest BCUT2D eigenvalue weighted by molar-refractivity contribution is -0.149. The largest absolute Gasteiger partial charge is 0.481 e. The summed E-state index contributed by atoms with van der Waals surface area (Å²) in [6.07, 6.45) is 0. The second-order valence-electron chi connectivity index (χ2n) is 6.61. The molecule has 0 radical (unpaired) electrons. The van der Waals surface area contributed by atoms with Crippen LogP contribution in [0.3, 0.4) is 0 Å². The lowest BCUT2D eigenvalue weighted by Gasteiger charge is -2.38. The molecule has 19 heavy (non-hydrogen) atoms. The third kappa shape index (κ3) is 2.74. The van der Waals surface area contributed by atoms with Crippen molar-refractivity contribution in [3.8, 4) is 0 Å². The molecule has 0 aromatic heterocycles. The van der Waals surface area contributed by atoms with Gasteiger partial charge in [-0.2, -0.15) is 0 Å². The van der Waals surface area contributed by atoms with Crippen LogP contribution < -0.4 is 11.1 Å². The minimum atomic E-state index is -1.09. The van der Waals surface area contributed by atoms with Crippen molar-refractivity contribution in [3.05, 3.63) is 0 Å². The number of amides is 1. The molecule has 110 valence electrons. The molecule has 0 saturated carbocycles. The van der Waals surface area contributed by atoms with Crippen LogP contribution in [0.4, 0.5) is 0 Å². The van der Waals surface area contributed by atoms with E-state index < -0.39 is 28.4 Å². The lowest BCUT2D eigenvalue weighted by atomic mass is 9.74. The summed E-state index contributed by atoms with van der Waals surface area (Å²) in [4.78, 5) is 23.6. The quantitative estimate of drug-likeness (QED) is 0.685. The van der Waals surface area contributed by atoms with Crippen molar-refractivity contribution < 1.29 is 19.4 Å². The Morgan fingerprint density at radius 2 is 1.89 bits per heavy atom. The number of carbonyl (C=O) groups is 2. The average molecular weight is 272 g/mol. The standard InChI is InChI=1S/C13H24N2O4/c1-11(2,12(3,4)14)9(16)15-8-6-19-7-13(8,5)10(17)18/h8H,6-7,14H2,1-5H3,(H,15,16)(H,17,18). The van der Waals surface area contributed by atoms with Gasteiger partial charge in [-0.3, -0.25) is 9.59 Å². The Kier molecular flexibility index (Phi) is 3.98. The Hall–Kier alpha value is -1.14. The first-order valence-electron chi connectivity index (χ1n) is 6.34. The van der Waals surface area contributed by atoms with E-state index in [1.54, 1.807) is 34.6 Å². The number of hydrogen-bond donors (Lipinski definition) is 3. The average Bonchev–Trinajstić information content (AvgIpc) is 2.60. The van der Waals surface area contributed by atoms with Gasteiger partial charge in [0.25, 0.3) is 0 Å². The van der Waals surface area contributed by atoms with E-state index >= 15 is 0 Å². The number of rotatable bonds is 4. The predicted octanol–water partition coefficient (Wildman–Crippen LogP) is 0.356. The van der Waals surface area contributed by atoms with Crippen molar-refractivity contribution in [2.24, 2.45) is 16.6 Å². The smallest absolute Gasteiger partial charge is 0.313 e. The zero-order valence-corrected chi connectivity index (χ0v) is 12.2. The van der Waals surface area contributed by atoms with Gasteiger partial charge in [0, 0.05) is 5.54 Å². The normalized spacial score (nSPS) is 28.2. The minimum Gasteiger partial charge on any atom is -0.481 e. The van der Waals surface area contributed by atoms with Crippen molar-refractivity contribution in [2.45, 2.75) is 46.2 Å². The molecule has 6 heteroatoms. The van der Waals surface area contributed by atoms with E-state index in [9.17, 15) is 14.7 Å². The van der Waals surface area contributed by atoms with Crippen LogP contribution in [0.5, 0.6) is 0 Å². The Morgan fingerprint density at radius 1 is 1.37 bits per heavy atom. The summed E-state index contributed by atoms with van der Waals surface area (Å²) in [5.74, 6) is -1.23. The Bertz CT molecular complexity index is 387. The second kappa shape index (κ2) is 4.76. The van der Waals surface area contributed by atoms with E-state index in [1.807, 2.05) is 0 Å². The van der Waals surface area contributed by atoms with Crippen LogP contribution >= 0.6 is 0 Å². The van der Waals surface area contributed by atoms with Gasteiger partial charge >= 0.3 is 5.97 Å². The molecule has 4 N–H and O–H groups in total. The SMILES string of the molecule is CC1(C(=O)O)COCC1NC(=O)C(C)(C)C(C)(C)N. The summed E-state index contributed by atoms with van der Waals surface area (Å²) < 4.78 is 5.21. The molecule has 1 saturated heterocycles. The number of carbonyl (C=O) groups excluding carboxylic acids is 1. The monoisotopic (exact) mass is 272 g/mol. The van der Waals surface area contributed by atoms with Gasteiger partial charge in [0.15, 0.2) is 0 Å². The molecule has 1 amide bonds. The van der Waals surface area contributed by atoms with Crippen LogP contribution in [0.1, 0.15) is 34.6 Å². The topological polar surface area (TPSA) is 102 Å². The number of carboxylic acids is 1. The summed E-state index contributed by atoms with van der Waals surface area (Å²) >= 11 is 0. The number of nitrogens with one attached hydrogen (secondary N) is 1. The van der Waals surface area contributed by atoms with Gasteiger partial charge in [0.1, 0.15) is 5.41 Å². The van der Waals surface area contributed by atoms with Gasteiger partial charge in [-0.15, -0.1) is 0 Å². The third-order valence-corrected chi connectivity index (χ3v) is 4.43. The Labute approximate surface area is 113 Å². The molecule has 0 bridgehead atoms. The molecule has 2 atom stereocenters. The number of carboxylic acid groups (broad SMARTS) is 1. The molecular formula is C13H24N2O4. The number of aliphatic carboxylic acids is 1. The van der Waals surface area contributed by atoms with Gasteiger partial charge < -0.3 is 20.9 Å². The summed E-state index contributed by atoms with van der Waals surface area (Å²) in [6, 6.07) is -0.542. The van der Waals surface area contributed by atoms with Crippen LogP contribution in [0.15, 0.2) is 0 Å². The number of ether oxygens (including phenoxy) is 1. The van der Waals surface area contributed by atoms with Crippen molar-refractivity contribution >= 4 is 11.9 Å². The number of hydrogen-bond acceptors (Lipinski definition) is 4. The van der Waals surface area contributed by atoms with Gasteiger partial charge in [-0.05, 0) is 34.6 Å². The fraction of sp³-hybridized carbons (Fsp3) is 0.846. The Morgan fingerprint density at radius 3 is 2.32 bits per heavy atom. The van der Waals surface area contributed by atoms with Gasteiger partial charge in [0.2, 0.25) is 5.91 Å². The van der Waals surface area contributed by atoms with E-state index in [0.29, 0.717) is 0 Å². The van der Waals surface area contributed by atoms with Crippen molar-refractivity contribution in [2.75, 3.05) is 13.2 Å². The highest BCUT2D eigenvalue weighted by Gasteiger charge is 2.49. The van der Waals surface area contributed by atoms with E-state index in [0.717, 1.165) is 0 Å². The molecule has 1 fully saturated rings.